The van der Waals surface area contributed by atoms with Crippen molar-refractivity contribution in [3.8, 4) is 0 Å². The molecule has 1 unspecified atom stereocenters. The zero-order valence-electron chi connectivity index (χ0n) is 13.1. The lowest BCUT2D eigenvalue weighted by atomic mass is 9.91. The number of carbonyl (C=O) groups excluding carboxylic acids is 2. The molecule has 1 atom stereocenters. The Hall–Kier alpha value is -1.88. The fraction of sp³-hybridized carbons (Fsp3) is 0.500. The Labute approximate surface area is 126 Å². The summed E-state index contributed by atoms with van der Waals surface area (Å²) in [5.41, 5.74) is 5.76. The largest absolute Gasteiger partial charge is 0.465 e. The van der Waals surface area contributed by atoms with Gasteiger partial charge < -0.3 is 15.4 Å². The molecular formula is C16H24N2O3. The Kier molecular flexibility index (Phi) is 5.90. The Morgan fingerprint density at radius 3 is 2.33 bits per heavy atom. The van der Waals surface area contributed by atoms with Crippen LogP contribution in [0.3, 0.4) is 0 Å². The van der Waals surface area contributed by atoms with E-state index in [4.69, 9.17) is 10.5 Å². The van der Waals surface area contributed by atoms with Crippen LogP contribution in [0, 0.1) is 0 Å². The molecule has 0 fully saturated rings. The molecule has 0 aliphatic carbocycles. The molecular weight excluding hydrogens is 268 g/mol. The number of nitrogens with zero attached hydrogens (tertiary/aromatic N) is 1. The van der Waals surface area contributed by atoms with Gasteiger partial charge in [-0.15, -0.1) is 0 Å². The lowest BCUT2D eigenvalue weighted by Crippen LogP contribution is -2.54. The zero-order valence-corrected chi connectivity index (χ0v) is 13.1. The van der Waals surface area contributed by atoms with E-state index in [-0.39, 0.29) is 25.1 Å². The number of hydrogen-bond acceptors (Lipinski definition) is 4. The van der Waals surface area contributed by atoms with Gasteiger partial charge in [0.05, 0.1) is 6.61 Å². The third-order valence-corrected chi connectivity index (χ3v) is 3.31. The summed E-state index contributed by atoms with van der Waals surface area (Å²) in [5, 5.41) is 0. The number of benzene rings is 1. The van der Waals surface area contributed by atoms with E-state index in [1.165, 1.54) is 4.90 Å². The van der Waals surface area contributed by atoms with Gasteiger partial charge in [0.2, 0.25) is 5.91 Å². The second-order valence-corrected chi connectivity index (χ2v) is 5.40. The molecule has 0 radical (unpaired) electrons. The molecule has 1 aromatic rings. The molecule has 1 amide bonds. The summed E-state index contributed by atoms with van der Waals surface area (Å²) in [7, 11) is 0. The molecule has 1 aromatic carbocycles. The van der Waals surface area contributed by atoms with Gasteiger partial charge in [-0.1, -0.05) is 30.3 Å². The van der Waals surface area contributed by atoms with E-state index in [0.29, 0.717) is 5.56 Å². The van der Waals surface area contributed by atoms with E-state index in [2.05, 4.69) is 0 Å². The lowest BCUT2D eigenvalue weighted by molar-refractivity contribution is -0.152. The number of rotatable bonds is 6. The molecule has 0 aliphatic rings. The maximum absolute atomic E-state index is 12.7. The van der Waals surface area contributed by atoms with E-state index in [1.54, 1.807) is 26.0 Å². The maximum Gasteiger partial charge on any atom is 0.325 e. The van der Waals surface area contributed by atoms with E-state index in [9.17, 15) is 9.59 Å². The predicted molar refractivity (Wildman–Crippen MR) is 81.5 cm³/mol. The topological polar surface area (TPSA) is 72.6 Å². The first kappa shape index (κ1) is 17.2. The summed E-state index contributed by atoms with van der Waals surface area (Å²) < 4.78 is 4.92. The van der Waals surface area contributed by atoms with Crippen molar-refractivity contribution >= 4 is 11.9 Å². The lowest BCUT2D eigenvalue weighted by Gasteiger charge is -2.34. The van der Waals surface area contributed by atoms with Gasteiger partial charge in [0.1, 0.15) is 12.1 Å². The quantitative estimate of drug-likeness (QED) is 0.809. The number of hydrogen-bond donors (Lipinski definition) is 1. The van der Waals surface area contributed by atoms with Crippen molar-refractivity contribution in [1.29, 1.82) is 0 Å². The van der Waals surface area contributed by atoms with Crippen LogP contribution < -0.4 is 5.73 Å². The highest BCUT2D eigenvalue weighted by atomic mass is 16.5. The number of esters is 1. The average Bonchev–Trinajstić information content (AvgIpc) is 2.45. The maximum atomic E-state index is 12.7. The van der Waals surface area contributed by atoms with Crippen molar-refractivity contribution in [2.75, 3.05) is 13.2 Å². The van der Waals surface area contributed by atoms with E-state index >= 15 is 0 Å². The van der Waals surface area contributed by atoms with Crippen LogP contribution in [0.25, 0.3) is 0 Å². The van der Waals surface area contributed by atoms with Crippen molar-refractivity contribution in [2.24, 2.45) is 5.73 Å². The minimum atomic E-state index is -1.18. The number of nitrogens with two attached hydrogens (primary N) is 1. The van der Waals surface area contributed by atoms with Crippen LogP contribution in [0.5, 0.6) is 0 Å². The number of carbonyl (C=O) groups is 2. The molecule has 116 valence electrons. The predicted octanol–water partition coefficient (Wildman–Crippen LogP) is 1.66. The molecule has 0 saturated carbocycles. The van der Waals surface area contributed by atoms with E-state index in [0.717, 1.165) is 0 Å². The van der Waals surface area contributed by atoms with Gasteiger partial charge in [-0.25, -0.2) is 0 Å². The fourth-order valence-electron chi connectivity index (χ4n) is 2.04. The summed E-state index contributed by atoms with van der Waals surface area (Å²) >= 11 is 0. The molecule has 0 bridgehead atoms. The molecule has 1 rings (SSSR count). The molecule has 0 saturated heterocycles. The smallest absolute Gasteiger partial charge is 0.325 e. The SMILES string of the molecule is CCOC(=O)CN(C(=O)C(C)(N)c1ccccc1)C(C)C. The number of amides is 1. The van der Waals surface area contributed by atoms with Crippen molar-refractivity contribution in [2.45, 2.75) is 39.3 Å². The van der Waals surface area contributed by atoms with Gasteiger partial charge in [0, 0.05) is 6.04 Å². The minimum Gasteiger partial charge on any atom is -0.465 e. The molecule has 5 nitrogen and oxygen atoms in total. The van der Waals surface area contributed by atoms with Gasteiger partial charge in [-0.05, 0) is 33.3 Å². The van der Waals surface area contributed by atoms with Crippen LogP contribution in [-0.2, 0) is 19.9 Å². The monoisotopic (exact) mass is 292 g/mol. The van der Waals surface area contributed by atoms with Crippen molar-refractivity contribution < 1.29 is 14.3 Å². The van der Waals surface area contributed by atoms with Gasteiger partial charge in [0.25, 0.3) is 0 Å². The molecule has 21 heavy (non-hydrogen) atoms. The van der Waals surface area contributed by atoms with Crippen LogP contribution in [0.15, 0.2) is 30.3 Å². The fourth-order valence-corrected chi connectivity index (χ4v) is 2.04. The average molecular weight is 292 g/mol. The Morgan fingerprint density at radius 2 is 1.86 bits per heavy atom. The van der Waals surface area contributed by atoms with Gasteiger partial charge in [0.15, 0.2) is 0 Å². The summed E-state index contributed by atoms with van der Waals surface area (Å²) in [6, 6.07) is 9.00. The van der Waals surface area contributed by atoms with Crippen LogP contribution >= 0.6 is 0 Å². The third kappa shape index (κ3) is 4.29. The third-order valence-electron chi connectivity index (χ3n) is 3.31. The normalized spacial score (nSPS) is 13.6. The van der Waals surface area contributed by atoms with Crippen molar-refractivity contribution in [3.63, 3.8) is 0 Å². The molecule has 0 aliphatic heterocycles. The Morgan fingerprint density at radius 1 is 1.29 bits per heavy atom. The van der Waals surface area contributed by atoms with Crippen LogP contribution in [0.4, 0.5) is 0 Å². The summed E-state index contributed by atoms with van der Waals surface area (Å²) in [6.07, 6.45) is 0. The van der Waals surface area contributed by atoms with E-state index < -0.39 is 11.5 Å². The van der Waals surface area contributed by atoms with Crippen LogP contribution in [0.1, 0.15) is 33.3 Å². The highest BCUT2D eigenvalue weighted by Gasteiger charge is 2.36. The first-order valence-electron chi connectivity index (χ1n) is 7.11. The molecule has 2 N–H and O–H groups in total. The van der Waals surface area contributed by atoms with Gasteiger partial charge in [-0.3, -0.25) is 9.59 Å². The van der Waals surface area contributed by atoms with Gasteiger partial charge in [-0.2, -0.15) is 0 Å². The molecule has 5 heteroatoms. The van der Waals surface area contributed by atoms with E-state index in [1.807, 2.05) is 32.0 Å². The summed E-state index contributed by atoms with van der Waals surface area (Å²) in [4.78, 5) is 25.9. The second kappa shape index (κ2) is 7.22. The second-order valence-electron chi connectivity index (χ2n) is 5.40. The minimum absolute atomic E-state index is 0.0933. The summed E-state index contributed by atoms with van der Waals surface area (Å²) in [6.45, 7) is 7.28. The van der Waals surface area contributed by atoms with Crippen LogP contribution in [0.2, 0.25) is 0 Å². The first-order valence-corrected chi connectivity index (χ1v) is 7.11. The number of ether oxygens (including phenoxy) is 1. The zero-order chi connectivity index (χ0) is 16.0. The standard InChI is InChI=1S/C16H24N2O3/c1-5-21-14(19)11-18(12(2)3)15(20)16(4,17)13-9-7-6-8-10-13/h6-10,12H,5,11,17H2,1-4H3. The van der Waals surface area contributed by atoms with Crippen LogP contribution in [-0.4, -0.2) is 36.0 Å². The van der Waals surface area contributed by atoms with Crippen molar-refractivity contribution in [1.82, 2.24) is 4.90 Å². The molecule has 0 spiro atoms. The molecule has 0 heterocycles. The highest BCUT2D eigenvalue weighted by Crippen LogP contribution is 2.21. The summed E-state index contributed by atoms with van der Waals surface area (Å²) in [5.74, 6) is -0.722. The Balaban J connectivity index is 2.97. The van der Waals surface area contributed by atoms with Gasteiger partial charge >= 0.3 is 5.97 Å². The highest BCUT2D eigenvalue weighted by molar-refractivity contribution is 5.90. The molecule has 0 aromatic heterocycles. The van der Waals surface area contributed by atoms with Crippen molar-refractivity contribution in [3.05, 3.63) is 35.9 Å². The Bertz CT molecular complexity index is 484. The first-order chi connectivity index (χ1) is 9.80.